The molecule has 1 fully saturated rings. The van der Waals surface area contributed by atoms with Gasteiger partial charge in [-0.2, -0.15) is 10.1 Å². The van der Waals surface area contributed by atoms with Gasteiger partial charge in [0.2, 0.25) is 5.95 Å². The Hall–Kier alpha value is -3.20. The Balaban J connectivity index is 1.56. The van der Waals surface area contributed by atoms with Crippen molar-refractivity contribution in [1.82, 2.24) is 19.7 Å². The number of fused-ring (bicyclic) bond motifs is 1. The first kappa shape index (κ1) is 21.6. The van der Waals surface area contributed by atoms with E-state index in [-0.39, 0.29) is 6.61 Å². The molecule has 2 aromatic heterocycles. The highest BCUT2D eigenvalue weighted by Gasteiger charge is 2.17. The van der Waals surface area contributed by atoms with Gasteiger partial charge in [-0.1, -0.05) is 23.7 Å². The van der Waals surface area contributed by atoms with Crippen molar-refractivity contribution in [3.63, 3.8) is 0 Å². The van der Waals surface area contributed by atoms with Crippen molar-refractivity contribution in [2.75, 3.05) is 43.1 Å². The molecule has 0 unspecified atom stereocenters. The van der Waals surface area contributed by atoms with E-state index in [2.05, 4.69) is 21.4 Å². The van der Waals surface area contributed by atoms with E-state index in [4.69, 9.17) is 26.3 Å². The Bertz CT molecular complexity index is 1270. The molecule has 0 aliphatic carbocycles. The molecule has 170 valence electrons. The van der Waals surface area contributed by atoms with Gasteiger partial charge in [-0.05, 0) is 30.3 Å². The minimum absolute atomic E-state index is 0.0718. The number of morpholine rings is 1. The summed E-state index contributed by atoms with van der Waals surface area (Å²) in [5.74, 6) is 1.37. The largest absolute Gasteiger partial charge is 0.396 e. The molecule has 0 saturated carbocycles. The molecule has 2 aromatic carbocycles. The van der Waals surface area contributed by atoms with E-state index in [0.717, 1.165) is 46.6 Å². The third kappa shape index (κ3) is 4.64. The molecule has 4 aromatic rings. The van der Waals surface area contributed by atoms with E-state index in [1.54, 1.807) is 0 Å². The maximum Gasteiger partial charge on any atom is 0.228 e. The predicted molar refractivity (Wildman–Crippen MR) is 130 cm³/mol. The lowest BCUT2D eigenvalue weighted by molar-refractivity contribution is 0.122. The summed E-state index contributed by atoms with van der Waals surface area (Å²) in [6.45, 7) is 2.87. The number of nitrogens with one attached hydrogen (secondary N) is 1. The Morgan fingerprint density at radius 1 is 1.06 bits per heavy atom. The molecule has 3 heterocycles. The number of aliphatic hydroxyl groups is 1. The predicted octanol–water partition coefficient (Wildman–Crippen LogP) is 3.80. The second kappa shape index (κ2) is 9.35. The summed E-state index contributed by atoms with van der Waals surface area (Å²) >= 11 is 6.04. The highest BCUT2D eigenvalue weighted by atomic mass is 35.5. The van der Waals surface area contributed by atoms with Gasteiger partial charge in [0.05, 0.1) is 30.1 Å². The number of aliphatic hydroxyl groups excluding tert-OH is 1. The van der Waals surface area contributed by atoms with Crippen molar-refractivity contribution < 1.29 is 9.84 Å². The number of hydrogen-bond acceptors (Lipinski definition) is 7. The zero-order chi connectivity index (χ0) is 22.8. The first-order valence-electron chi connectivity index (χ1n) is 10.9. The van der Waals surface area contributed by atoms with Crippen LogP contribution in [0.25, 0.3) is 22.2 Å². The van der Waals surface area contributed by atoms with Crippen molar-refractivity contribution in [2.45, 2.75) is 6.42 Å². The average molecular weight is 465 g/mol. The Morgan fingerprint density at radius 3 is 2.61 bits per heavy atom. The number of halogens is 1. The average Bonchev–Trinajstić information content (AvgIpc) is 3.16. The number of rotatable bonds is 6. The Kier molecular flexibility index (Phi) is 6.13. The number of ether oxygens (including phenoxy) is 1. The highest BCUT2D eigenvalue weighted by Crippen LogP contribution is 2.29. The van der Waals surface area contributed by atoms with Crippen LogP contribution in [0.2, 0.25) is 5.02 Å². The molecule has 0 bridgehead atoms. The van der Waals surface area contributed by atoms with E-state index in [1.807, 2.05) is 54.2 Å². The lowest BCUT2D eigenvalue weighted by atomic mass is 10.1. The summed E-state index contributed by atoms with van der Waals surface area (Å²) in [6.07, 6.45) is 0.528. The van der Waals surface area contributed by atoms with Crippen molar-refractivity contribution in [3.05, 3.63) is 59.2 Å². The van der Waals surface area contributed by atoms with Crippen LogP contribution in [0, 0.1) is 0 Å². The minimum atomic E-state index is 0.0718. The summed E-state index contributed by atoms with van der Waals surface area (Å²) in [7, 11) is 1.92. The van der Waals surface area contributed by atoms with E-state index in [9.17, 15) is 5.11 Å². The third-order valence-electron chi connectivity index (χ3n) is 5.70. The number of hydrogen-bond donors (Lipinski definition) is 2. The Labute approximate surface area is 196 Å². The number of aryl methyl sites for hydroxylation is 1. The smallest absolute Gasteiger partial charge is 0.228 e. The molecule has 33 heavy (non-hydrogen) atoms. The van der Waals surface area contributed by atoms with Crippen LogP contribution < -0.4 is 10.2 Å². The molecule has 1 aliphatic heterocycles. The number of nitrogens with zero attached hydrogens (tertiary/aromatic N) is 5. The molecule has 0 amide bonds. The molecular weight excluding hydrogens is 440 g/mol. The van der Waals surface area contributed by atoms with Gasteiger partial charge >= 0.3 is 0 Å². The molecule has 1 saturated heterocycles. The van der Waals surface area contributed by atoms with Crippen LogP contribution in [0.15, 0.2) is 48.5 Å². The van der Waals surface area contributed by atoms with Crippen LogP contribution >= 0.6 is 11.6 Å². The summed E-state index contributed by atoms with van der Waals surface area (Å²) in [4.78, 5) is 11.8. The molecule has 5 rings (SSSR count). The topological polar surface area (TPSA) is 88.3 Å². The van der Waals surface area contributed by atoms with E-state index in [0.29, 0.717) is 36.4 Å². The lowest BCUT2D eigenvalue weighted by Gasteiger charge is -2.27. The normalized spacial score (nSPS) is 14.1. The van der Waals surface area contributed by atoms with Crippen LogP contribution in [0.3, 0.4) is 0 Å². The van der Waals surface area contributed by atoms with E-state index < -0.39 is 0 Å². The third-order valence-corrected chi connectivity index (χ3v) is 5.95. The quantitative estimate of drug-likeness (QED) is 0.448. The first-order valence-corrected chi connectivity index (χ1v) is 11.3. The van der Waals surface area contributed by atoms with Gasteiger partial charge in [-0.15, -0.1) is 0 Å². The molecule has 9 heteroatoms. The van der Waals surface area contributed by atoms with Crippen LogP contribution in [0.4, 0.5) is 17.5 Å². The van der Waals surface area contributed by atoms with Crippen molar-refractivity contribution in [2.24, 2.45) is 7.05 Å². The van der Waals surface area contributed by atoms with Gasteiger partial charge in [0.25, 0.3) is 0 Å². The molecule has 0 atom stereocenters. The summed E-state index contributed by atoms with van der Waals surface area (Å²) in [6, 6.07) is 15.6. The fourth-order valence-electron chi connectivity index (χ4n) is 4.01. The van der Waals surface area contributed by atoms with Crippen LogP contribution in [0.1, 0.15) is 5.69 Å². The zero-order valence-corrected chi connectivity index (χ0v) is 19.1. The lowest BCUT2D eigenvalue weighted by Crippen LogP contribution is -2.37. The van der Waals surface area contributed by atoms with Gasteiger partial charge in [-0.25, -0.2) is 4.98 Å². The van der Waals surface area contributed by atoms with E-state index >= 15 is 0 Å². The van der Waals surface area contributed by atoms with Crippen molar-refractivity contribution in [3.8, 4) is 11.3 Å². The van der Waals surface area contributed by atoms with Crippen LogP contribution in [0.5, 0.6) is 0 Å². The highest BCUT2D eigenvalue weighted by molar-refractivity contribution is 6.30. The van der Waals surface area contributed by atoms with Crippen molar-refractivity contribution >= 4 is 40.0 Å². The SMILES string of the molecule is Cn1nc(CCO)c2ccc(-c3cc(Nc4ccc(Cl)cc4)nc(N4CCOCC4)n3)cc21. The number of aromatic nitrogens is 4. The standard InChI is InChI=1S/C24H25ClN6O2/c1-30-22-14-16(2-7-19(22)20(29-30)8-11-32)21-15-23(26-18-5-3-17(25)4-6-18)28-24(27-21)31-9-12-33-13-10-31/h2-7,14-15,32H,8-13H2,1H3,(H,26,27,28). The van der Waals surface area contributed by atoms with Gasteiger partial charge in [0.15, 0.2) is 0 Å². The van der Waals surface area contributed by atoms with Crippen LogP contribution in [-0.2, 0) is 18.2 Å². The monoisotopic (exact) mass is 464 g/mol. The van der Waals surface area contributed by atoms with Crippen LogP contribution in [-0.4, -0.2) is 57.8 Å². The van der Waals surface area contributed by atoms with Gasteiger partial charge in [0.1, 0.15) is 5.82 Å². The summed E-state index contributed by atoms with van der Waals surface area (Å²) < 4.78 is 7.35. The molecule has 2 N–H and O–H groups in total. The molecule has 8 nitrogen and oxygen atoms in total. The fraction of sp³-hybridized carbons (Fsp3) is 0.292. The fourth-order valence-corrected chi connectivity index (χ4v) is 4.14. The molecule has 0 spiro atoms. The number of anilines is 3. The Morgan fingerprint density at radius 2 is 1.85 bits per heavy atom. The summed E-state index contributed by atoms with van der Waals surface area (Å²) in [5, 5.41) is 19.0. The summed E-state index contributed by atoms with van der Waals surface area (Å²) in [5.41, 5.74) is 4.57. The van der Waals surface area contributed by atoms with Gasteiger partial charge in [0, 0.05) is 60.9 Å². The first-order chi connectivity index (χ1) is 16.1. The van der Waals surface area contributed by atoms with Crippen molar-refractivity contribution in [1.29, 1.82) is 0 Å². The van der Waals surface area contributed by atoms with Gasteiger partial charge in [-0.3, -0.25) is 4.68 Å². The second-order valence-electron chi connectivity index (χ2n) is 7.95. The maximum atomic E-state index is 9.35. The molecule has 0 radical (unpaired) electrons. The van der Waals surface area contributed by atoms with Gasteiger partial charge < -0.3 is 20.1 Å². The minimum Gasteiger partial charge on any atom is -0.396 e. The van der Waals surface area contributed by atoms with E-state index in [1.165, 1.54) is 0 Å². The molecular formula is C24H25ClN6O2. The second-order valence-corrected chi connectivity index (χ2v) is 8.38. The maximum absolute atomic E-state index is 9.35. The number of benzene rings is 2. The zero-order valence-electron chi connectivity index (χ0n) is 18.3. The molecule has 1 aliphatic rings.